The van der Waals surface area contributed by atoms with Gasteiger partial charge in [-0.05, 0) is 24.3 Å². The first kappa shape index (κ1) is 16.5. The van der Waals surface area contributed by atoms with Gasteiger partial charge in [0.05, 0.1) is 19.3 Å². The lowest BCUT2D eigenvalue weighted by Gasteiger charge is -2.10. The van der Waals surface area contributed by atoms with Crippen LogP contribution in [0.1, 0.15) is 0 Å². The molecule has 0 atom stereocenters. The number of anilines is 1. The smallest absolute Gasteiger partial charge is 0.319 e. The van der Waals surface area contributed by atoms with Crippen LogP contribution in [0.5, 0.6) is 11.5 Å². The number of rotatable bonds is 6. The van der Waals surface area contributed by atoms with Gasteiger partial charge in [-0.1, -0.05) is 6.07 Å². The number of halogens is 2. The Hall–Kier alpha value is -2.83. The Morgan fingerprint density at radius 2 is 1.91 bits per heavy atom. The van der Waals surface area contributed by atoms with E-state index < -0.39 is 17.7 Å². The van der Waals surface area contributed by atoms with Gasteiger partial charge < -0.3 is 20.1 Å². The summed E-state index contributed by atoms with van der Waals surface area (Å²) in [6.45, 7) is 0.409. The zero-order chi connectivity index (χ0) is 16.7. The van der Waals surface area contributed by atoms with Gasteiger partial charge in [-0.3, -0.25) is 0 Å². The van der Waals surface area contributed by atoms with Crippen LogP contribution in [0.4, 0.5) is 19.3 Å². The van der Waals surface area contributed by atoms with Crippen LogP contribution < -0.4 is 20.1 Å². The molecule has 0 aliphatic rings. The maximum absolute atomic E-state index is 13.4. The van der Waals surface area contributed by atoms with Crippen LogP contribution in [0.15, 0.2) is 42.5 Å². The molecule has 0 saturated heterocycles. The summed E-state index contributed by atoms with van der Waals surface area (Å²) in [4.78, 5) is 11.6. The molecule has 2 aromatic rings. The number of benzene rings is 2. The van der Waals surface area contributed by atoms with Crippen molar-refractivity contribution >= 4 is 11.7 Å². The number of carbonyl (C=O) groups excluding carboxylic acids is 1. The fourth-order valence-corrected chi connectivity index (χ4v) is 1.78. The van der Waals surface area contributed by atoms with Crippen molar-refractivity contribution in [2.45, 2.75) is 0 Å². The lowest BCUT2D eigenvalue weighted by molar-refractivity contribution is 0.247. The Labute approximate surface area is 132 Å². The molecule has 2 N–H and O–H groups in total. The van der Waals surface area contributed by atoms with Crippen molar-refractivity contribution < 1.29 is 23.0 Å². The maximum atomic E-state index is 13.4. The van der Waals surface area contributed by atoms with Crippen molar-refractivity contribution in [1.29, 1.82) is 0 Å². The van der Waals surface area contributed by atoms with E-state index in [9.17, 15) is 13.6 Å². The molecule has 2 aromatic carbocycles. The molecule has 0 aliphatic carbocycles. The first-order valence-electron chi connectivity index (χ1n) is 6.85. The molecule has 0 saturated carbocycles. The van der Waals surface area contributed by atoms with Gasteiger partial charge in [0.15, 0.2) is 0 Å². The second kappa shape index (κ2) is 7.98. The van der Waals surface area contributed by atoms with Crippen LogP contribution in [0, 0.1) is 11.6 Å². The van der Waals surface area contributed by atoms with Gasteiger partial charge in [-0.2, -0.15) is 0 Å². The Bertz CT molecular complexity index is 680. The number of methoxy groups -OCH3 is 1. The first-order valence-corrected chi connectivity index (χ1v) is 6.85. The third-order valence-electron chi connectivity index (χ3n) is 2.87. The number of carbonyl (C=O) groups is 1. The summed E-state index contributed by atoms with van der Waals surface area (Å²) in [5.74, 6) is -0.0882. The van der Waals surface area contributed by atoms with Crippen LogP contribution in [-0.4, -0.2) is 26.3 Å². The topological polar surface area (TPSA) is 59.6 Å². The van der Waals surface area contributed by atoms with Gasteiger partial charge >= 0.3 is 6.03 Å². The zero-order valence-corrected chi connectivity index (χ0v) is 12.4. The van der Waals surface area contributed by atoms with Crippen LogP contribution in [0.25, 0.3) is 0 Å². The zero-order valence-electron chi connectivity index (χ0n) is 12.4. The van der Waals surface area contributed by atoms with Gasteiger partial charge in [-0.15, -0.1) is 0 Å². The summed E-state index contributed by atoms with van der Waals surface area (Å²) in [5, 5.41) is 4.71. The van der Waals surface area contributed by atoms with Crippen molar-refractivity contribution in [2.75, 3.05) is 25.6 Å². The Morgan fingerprint density at radius 3 is 2.70 bits per heavy atom. The minimum absolute atomic E-state index is 0.194. The number of hydrogen-bond donors (Lipinski definition) is 2. The molecule has 0 heterocycles. The minimum Gasteiger partial charge on any atom is -0.497 e. The van der Waals surface area contributed by atoms with Gasteiger partial charge in [0.1, 0.15) is 29.7 Å². The fourth-order valence-electron chi connectivity index (χ4n) is 1.78. The highest BCUT2D eigenvalue weighted by molar-refractivity contribution is 5.89. The molecule has 0 aliphatic heterocycles. The molecule has 0 fully saturated rings. The van der Waals surface area contributed by atoms with Crippen molar-refractivity contribution in [3.05, 3.63) is 54.1 Å². The van der Waals surface area contributed by atoms with Crippen molar-refractivity contribution in [2.24, 2.45) is 0 Å². The molecule has 0 spiro atoms. The van der Waals surface area contributed by atoms with E-state index in [0.717, 1.165) is 18.2 Å². The summed E-state index contributed by atoms with van der Waals surface area (Å²) in [6, 6.07) is 9.20. The van der Waals surface area contributed by atoms with Crippen molar-refractivity contribution in [3.63, 3.8) is 0 Å². The van der Waals surface area contributed by atoms with Crippen LogP contribution in [0.3, 0.4) is 0 Å². The second-order valence-corrected chi connectivity index (χ2v) is 4.53. The highest BCUT2D eigenvalue weighted by Crippen LogP contribution is 2.18. The molecular weight excluding hydrogens is 306 g/mol. The standard InChI is InChI=1S/C16H16F2N2O3/c1-22-12-3-2-4-13(10-12)23-8-7-19-16(21)20-15-9-11(17)5-6-14(15)18/h2-6,9-10H,7-8H2,1H3,(H2,19,20,21). The largest absolute Gasteiger partial charge is 0.497 e. The number of hydrogen-bond acceptors (Lipinski definition) is 3. The molecule has 5 nitrogen and oxygen atoms in total. The molecule has 0 unspecified atom stereocenters. The second-order valence-electron chi connectivity index (χ2n) is 4.53. The van der Waals surface area contributed by atoms with E-state index in [2.05, 4.69) is 10.6 Å². The summed E-state index contributed by atoms with van der Waals surface area (Å²) in [5.41, 5.74) is -0.226. The molecule has 23 heavy (non-hydrogen) atoms. The number of ether oxygens (including phenoxy) is 2. The molecule has 2 amide bonds. The maximum Gasteiger partial charge on any atom is 0.319 e. The first-order chi connectivity index (χ1) is 11.1. The highest BCUT2D eigenvalue weighted by atomic mass is 19.1. The fraction of sp³-hybridized carbons (Fsp3) is 0.188. The number of amides is 2. The van der Waals surface area contributed by atoms with Gasteiger partial charge in [-0.25, -0.2) is 13.6 Å². The third kappa shape index (κ3) is 5.14. The average Bonchev–Trinajstić information content (AvgIpc) is 2.55. The summed E-state index contributed by atoms with van der Waals surface area (Å²) in [7, 11) is 1.55. The monoisotopic (exact) mass is 322 g/mol. The van der Waals surface area contributed by atoms with E-state index in [0.29, 0.717) is 11.5 Å². The van der Waals surface area contributed by atoms with E-state index in [-0.39, 0.29) is 18.8 Å². The van der Waals surface area contributed by atoms with Crippen LogP contribution >= 0.6 is 0 Å². The molecule has 2 rings (SSSR count). The third-order valence-corrected chi connectivity index (χ3v) is 2.87. The molecular formula is C16H16F2N2O3. The quantitative estimate of drug-likeness (QED) is 0.803. The SMILES string of the molecule is COc1cccc(OCCNC(=O)Nc2cc(F)ccc2F)c1. The van der Waals surface area contributed by atoms with E-state index in [1.165, 1.54) is 0 Å². The minimum atomic E-state index is -0.714. The molecule has 0 bridgehead atoms. The van der Waals surface area contributed by atoms with E-state index in [1.807, 2.05) is 0 Å². The van der Waals surface area contributed by atoms with Crippen molar-refractivity contribution in [3.8, 4) is 11.5 Å². The predicted molar refractivity (Wildman–Crippen MR) is 81.9 cm³/mol. The molecule has 0 radical (unpaired) electrons. The van der Waals surface area contributed by atoms with E-state index >= 15 is 0 Å². The molecule has 0 aromatic heterocycles. The van der Waals surface area contributed by atoms with Crippen LogP contribution in [-0.2, 0) is 0 Å². The molecule has 122 valence electrons. The average molecular weight is 322 g/mol. The van der Waals surface area contributed by atoms with Gasteiger partial charge in [0, 0.05) is 12.1 Å². The summed E-state index contributed by atoms with van der Waals surface area (Å²) >= 11 is 0. The van der Waals surface area contributed by atoms with E-state index in [1.54, 1.807) is 31.4 Å². The van der Waals surface area contributed by atoms with Crippen LogP contribution in [0.2, 0.25) is 0 Å². The normalized spacial score (nSPS) is 10.0. The Balaban J connectivity index is 1.75. The lowest BCUT2D eigenvalue weighted by Crippen LogP contribution is -2.32. The molecule has 7 heteroatoms. The number of urea groups is 1. The van der Waals surface area contributed by atoms with E-state index in [4.69, 9.17) is 9.47 Å². The predicted octanol–water partition coefficient (Wildman–Crippen LogP) is 3.17. The Morgan fingerprint density at radius 1 is 1.13 bits per heavy atom. The highest BCUT2D eigenvalue weighted by Gasteiger charge is 2.07. The number of nitrogens with one attached hydrogen (secondary N) is 2. The Kier molecular flexibility index (Phi) is 5.74. The van der Waals surface area contributed by atoms with Crippen molar-refractivity contribution in [1.82, 2.24) is 5.32 Å². The lowest BCUT2D eigenvalue weighted by atomic mass is 10.3. The summed E-state index contributed by atoms with van der Waals surface area (Å²) in [6.07, 6.45) is 0. The summed E-state index contributed by atoms with van der Waals surface area (Å²) < 4.78 is 36.8. The van der Waals surface area contributed by atoms with Gasteiger partial charge in [0.25, 0.3) is 0 Å². The van der Waals surface area contributed by atoms with Gasteiger partial charge in [0.2, 0.25) is 0 Å².